The summed E-state index contributed by atoms with van der Waals surface area (Å²) in [7, 11) is -2.36. The number of carbonyl (C=O) groups excluding carboxylic acids is 3. The van der Waals surface area contributed by atoms with E-state index in [1.54, 1.807) is 0 Å². The number of hydrogen-bond acceptors (Lipinski definition) is 6. The molecule has 60 heavy (non-hydrogen) atoms. The molecule has 0 bridgehead atoms. The Balaban J connectivity index is 1.20. The van der Waals surface area contributed by atoms with Crippen LogP contribution in [-0.4, -0.2) is 73.5 Å². The van der Waals surface area contributed by atoms with Gasteiger partial charge in [-0.2, -0.15) is 0 Å². The summed E-state index contributed by atoms with van der Waals surface area (Å²) in [5.74, 6) is -2.70. The molecule has 7 rings (SSSR count). The molecule has 11 heteroatoms. The molecule has 0 unspecified atom stereocenters. The Labute approximate surface area is 353 Å². The maximum absolute atomic E-state index is 14.8. The number of alkyl carbamates (subject to hydrolysis) is 1. The number of aliphatic carboxylic acids is 1. The first-order chi connectivity index (χ1) is 28.7. The second-order valence-corrected chi connectivity index (χ2v) is 22.0. The number of carboxylic acid groups (broad SMARTS) is 1. The molecule has 0 saturated carbocycles. The molecule has 2 aliphatic rings. The number of rotatable bonds is 13. The van der Waals surface area contributed by atoms with Gasteiger partial charge in [-0.05, 0) is 57.1 Å². The summed E-state index contributed by atoms with van der Waals surface area (Å²) in [6.45, 7) is 10.4. The van der Waals surface area contributed by atoms with Gasteiger partial charge in [0.1, 0.15) is 24.2 Å². The third-order valence-electron chi connectivity index (χ3n) is 12.4. The maximum atomic E-state index is 14.8. The molecule has 1 aliphatic carbocycles. The van der Waals surface area contributed by atoms with Crippen molar-refractivity contribution in [3.05, 3.63) is 167 Å². The van der Waals surface area contributed by atoms with Crippen molar-refractivity contribution in [3.63, 3.8) is 0 Å². The smallest absolute Gasteiger partial charge is 0.407 e. The fraction of sp³-hybridized carbons (Fsp3) is 0.306. The Morgan fingerprint density at radius 2 is 1.20 bits per heavy atom. The molecule has 5 aromatic carbocycles. The monoisotopic (exact) mass is 823 g/mol. The van der Waals surface area contributed by atoms with E-state index in [-0.39, 0.29) is 30.5 Å². The molecule has 1 saturated heterocycles. The molecular formula is C49H53N3O7Si. The van der Waals surface area contributed by atoms with Crippen molar-refractivity contribution in [2.75, 3.05) is 13.2 Å². The highest BCUT2D eigenvalue weighted by atomic mass is 28.4. The summed E-state index contributed by atoms with van der Waals surface area (Å²) in [5, 5.41) is 16.3. The van der Waals surface area contributed by atoms with E-state index in [9.17, 15) is 24.3 Å². The molecule has 1 heterocycles. The molecule has 3 amide bonds. The number of likely N-dealkylation sites (tertiary alicyclic amines) is 1. The normalized spacial score (nSPS) is 17.0. The number of ether oxygens (including phenoxy) is 1. The Bertz CT molecular complexity index is 2190. The second kappa shape index (κ2) is 17.3. The van der Waals surface area contributed by atoms with Crippen molar-refractivity contribution in [1.29, 1.82) is 0 Å². The van der Waals surface area contributed by atoms with Crippen LogP contribution in [0.4, 0.5) is 4.79 Å². The molecule has 3 N–H and O–H groups in total. The number of nitrogens with zero attached hydrogens (tertiary/aromatic N) is 1. The predicted molar refractivity (Wildman–Crippen MR) is 234 cm³/mol. The van der Waals surface area contributed by atoms with Crippen molar-refractivity contribution in [3.8, 4) is 11.1 Å². The number of carbonyl (C=O) groups is 4. The van der Waals surface area contributed by atoms with Crippen LogP contribution in [0.15, 0.2) is 140 Å². The molecule has 1 aliphatic heterocycles. The summed E-state index contributed by atoms with van der Waals surface area (Å²) in [6, 6.07) is 41.9. The summed E-state index contributed by atoms with van der Waals surface area (Å²) in [6.07, 6.45) is -1.87. The van der Waals surface area contributed by atoms with Crippen molar-refractivity contribution in [2.45, 2.75) is 81.4 Å². The molecule has 0 aromatic heterocycles. The van der Waals surface area contributed by atoms with Crippen LogP contribution in [0.5, 0.6) is 0 Å². The van der Waals surface area contributed by atoms with Gasteiger partial charge in [-0.15, -0.1) is 0 Å². The van der Waals surface area contributed by atoms with Crippen molar-refractivity contribution >= 4 is 32.2 Å². The first-order valence-corrected chi connectivity index (χ1v) is 23.4. The first kappa shape index (κ1) is 42.1. The van der Waals surface area contributed by atoms with Gasteiger partial charge in [0.15, 0.2) is 8.32 Å². The van der Waals surface area contributed by atoms with E-state index in [0.29, 0.717) is 0 Å². The number of hydrogen-bond donors (Lipinski definition) is 3. The zero-order chi connectivity index (χ0) is 42.7. The lowest BCUT2D eigenvalue weighted by Crippen LogP contribution is -2.55. The lowest BCUT2D eigenvalue weighted by atomic mass is 9.77. The number of nitrogens with one attached hydrogen (secondary N) is 2. The van der Waals surface area contributed by atoms with Gasteiger partial charge in [-0.25, -0.2) is 9.59 Å². The average molecular weight is 824 g/mol. The number of carboxylic acids is 1. The predicted octanol–water partition coefficient (Wildman–Crippen LogP) is 8.47. The minimum atomic E-state index is -2.36. The van der Waals surface area contributed by atoms with Crippen molar-refractivity contribution in [1.82, 2.24) is 15.5 Å². The summed E-state index contributed by atoms with van der Waals surface area (Å²) in [5.41, 5.74) is 5.30. The minimum Gasteiger partial charge on any atom is -0.480 e. The molecule has 0 radical (unpaired) electrons. The van der Waals surface area contributed by atoms with Gasteiger partial charge < -0.3 is 29.8 Å². The van der Waals surface area contributed by atoms with E-state index in [2.05, 4.69) is 44.5 Å². The minimum absolute atomic E-state index is 0.00518. The Morgan fingerprint density at radius 3 is 1.67 bits per heavy atom. The van der Waals surface area contributed by atoms with Gasteiger partial charge in [0.25, 0.3) is 0 Å². The zero-order valence-corrected chi connectivity index (χ0v) is 35.8. The standard InChI is InChI=1S/C49H53N3O7Si/c1-48(2,3)60(4,5)59-36-29-43(46(55)56)52(31-36)45(54)42(50-47(57)58-32-41-39-27-17-15-25-37(39)38-26-16-18-28-40(38)41)30-44(53)51-49(33-19-9-6-10-20-33,34-21-11-7-12-22-34)35-23-13-8-14-24-35/h6-28,36,41-43H,29-32H2,1-5H3,(H,50,57)(H,51,53)(H,55,56)/t36-,42+,43+/m1/s1. The average Bonchev–Trinajstić information content (AvgIpc) is 3.81. The molecule has 0 spiro atoms. The SMILES string of the molecule is CC(C)(C)[Si](C)(C)O[C@@H]1C[C@@H](C(=O)O)N(C(=O)[C@H](CC(=O)NC(c2ccccc2)(c2ccccc2)c2ccccc2)NC(=O)OCC2c3ccccc3-c3ccccc32)C1. The molecule has 10 nitrogen and oxygen atoms in total. The van der Waals surface area contributed by atoms with E-state index in [4.69, 9.17) is 9.16 Å². The highest BCUT2D eigenvalue weighted by Crippen LogP contribution is 2.45. The Hall–Kier alpha value is -6.04. The van der Waals surface area contributed by atoms with Crippen LogP contribution in [0.1, 0.15) is 67.3 Å². The van der Waals surface area contributed by atoms with E-state index in [1.807, 2.05) is 140 Å². The summed E-state index contributed by atoms with van der Waals surface area (Å²) >= 11 is 0. The van der Waals surface area contributed by atoms with E-state index in [0.717, 1.165) is 38.9 Å². The third-order valence-corrected chi connectivity index (χ3v) is 16.9. The summed E-state index contributed by atoms with van der Waals surface area (Å²) in [4.78, 5) is 57.4. The van der Waals surface area contributed by atoms with Gasteiger partial charge in [0.2, 0.25) is 11.8 Å². The highest BCUT2D eigenvalue weighted by Gasteiger charge is 2.48. The van der Waals surface area contributed by atoms with Crippen LogP contribution in [-0.2, 0) is 29.1 Å². The highest BCUT2D eigenvalue weighted by molar-refractivity contribution is 6.74. The van der Waals surface area contributed by atoms with E-state index >= 15 is 0 Å². The Kier molecular flexibility index (Phi) is 12.1. The quantitative estimate of drug-likeness (QED) is 0.0802. The van der Waals surface area contributed by atoms with Crippen molar-refractivity contribution < 1.29 is 33.4 Å². The number of fused-ring (bicyclic) bond motifs is 3. The van der Waals surface area contributed by atoms with Crippen LogP contribution in [0.3, 0.4) is 0 Å². The second-order valence-electron chi connectivity index (χ2n) is 17.2. The van der Waals surface area contributed by atoms with Crippen LogP contribution in [0, 0.1) is 0 Å². The van der Waals surface area contributed by atoms with Gasteiger partial charge in [0.05, 0.1) is 12.5 Å². The third kappa shape index (κ3) is 8.50. The van der Waals surface area contributed by atoms with Gasteiger partial charge in [0, 0.05) is 18.9 Å². The van der Waals surface area contributed by atoms with Gasteiger partial charge in [-0.3, -0.25) is 9.59 Å². The lowest BCUT2D eigenvalue weighted by Gasteiger charge is -2.38. The fourth-order valence-electron chi connectivity index (χ4n) is 8.36. The van der Waals surface area contributed by atoms with Gasteiger partial charge in [-0.1, -0.05) is 160 Å². The molecule has 1 fully saturated rings. The van der Waals surface area contributed by atoms with Crippen LogP contribution < -0.4 is 10.6 Å². The Morgan fingerprint density at radius 1 is 0.733 bits per heavy atom. The van der Waals surface area contributed by atoms with E-state index < -0.39 is 62.3 Å². The number of amides is 3. The lowest BCUT2D eigenvalue weighted by molar-refractivity contribution is -0.149. The van der Waals surface area contributed by atoms with Gasteiger partial charge >= 0.3 is 12.1 Å². The summed E-state index contributed by atoms with van der Waals surface area (Å²) < 4.78 is 12.5. The van der Waals surface area contributed by atoms with E-state index in [1.165, 1.54) is 4.90 Å². The largest absolute Gasteiger partial charge is 0.480 e. The van der Waals surface area contributed by atoms with Crippen molar-refractivity contribution in [2.24, 2.45) is 0 Å². The number of benzene rings is 5. The first-order valence-electron chi connectivity index (χ1n) is 20.5. The topological polar surface area (TPSA) is 134 Å². The molecule has 3 atom stereocenters. The van der Waals surface area contributed by atoms with Crippen LogP contribution in [0.25, 0.3) is 11.1 Å². The maximum Gasteiger partial charge on any atom is 0.407 e. The molecule has 5 aromatic rings. The van der Waals surface area contributed by atoms with Crippen LogP contribution in [0.2, 0.25) is 18.1 Å². The molecular weight excluding hydrogens is 771 g/mol. The van der Waals surface area contributed by atoms with Crippen LogP contribution >= 0.6 is 0 Å². The zero-order valence-electron chi connectivity index (χ0n) is 34.8. The molecule has 310 valence electrons. The fourth-order valence-corrected chi connectivity index (χ4v) is 9.72.